The van der Waals surface area contributed by atoms with Crippen molar-refractivity contribution in [3.63, 3.8) is 0 Å². The number of aliphatic imine (C=N–C) groups is 1. The number of hydrogen-bond acceptors (Lipinski definition) is 4. The molecule has 0 unspecified atom stereocenters. The van der Waals surface area contributed by atoms with Crippen molar-refractivity contribution in [2.45, 2.75) is 6.42 Å². The molecular weight excluding hydrogens is 483 g/mol. The summed E-state index contributed by atoms with van der Waals surface area (Å²) in [6.07, 6.45) is 4.32. The number of guanidine groups is 1. The molecule has 8 nitrogen and oxygen atoms in total. The normalized spacial score (nSPS) is 15.0. The highest BCUT2D eigenvalue weighted by molar-refractivity contribution is 14.0. The van der Waals surface area contributed by atoms with Crippen LogP contribution in [0.15, 0.2) is 52.1 Å². The Morgan fingerprint density at radius 2 is 2.14 bits per heavy atom. The number of carbonyl (C=O) groups excluding carboxylic acids is 1. The smallest absolute Gasteiger partial charge is 0.246 e. The summed E-state index contributed by atoms with van der Waals surface area (Å²) in [5.74, 6) is 1.71. The Balaban J connectivity index is 0.00000240. The van der Waals surface area contributed by atoms with Crippen molar-refractivity contribution in [1.82, 2.24) is 20.0 Å². The van der Waals surface area contributed by atoms with E-state index in [0.29, 0.717) is 26.2 Å². The van der Waals surface area contributed by atoms with Crippen LogP contribution in [0, 0.1) is 0 Å². The maximum atomic E-state index is 12.6. The number of halogens is 1. The van der Waals surface area contributed by atoms with Crippen molar-refractivity contribution >= 4 is 52.5 Å². The molecule has 1 N–H and O–H groups in total. The van der Waals surface area contributed by atoms with Gasteiger partial charge in [-0.2, -0.15) is 5.10 Å². The number of anilines is 1. The molecular formula is C20H25IN6O2. The SMILES string of the molecule is CN=C(NCCc1cc2ccccc2o1)N1CCN(c2cnn(C)c2)C(=O)C1.I. The average Bonchev–Trinajstić information content (AvgIpc) is 3.31. The van der Waals surface area contributed by atoms with Gasteiger partial charge in [-0.25, -0.2) is 0 Å². The Labute approximate surface area is 186 Å². The highest BCUT2D eigenvalue weighted by Gasteiger charge is 2.27. The molecule has 154 valence electrons. The van der Waals surface area contributed by atoms with Gasteiger partial charge in [-0.1, -0.05) is 18.2 Å². The highest BCUT2D eigenvalue weighted by atomic mass is 127. The third-order valence-corrected chi connectivity index (χ3v) is 4.87. The largest absolute Gasteiger partial charge is 0.461 e. The average molecular weight is 508 g/mol. The van der Waals surface area contributed by atoms with Crippen LogP contribution in [0.1, 0.15) is 5.76 Å². The van der Waals surface area contributed by atoms with Crippen LogP contribution in [0.25, 0.3) is 11.0 Å². The van der Waals surface area contributed by atoms with Crippen molar-refractivity contribution in [2.75, 3.05) is 38.1 Å². The predicted octanol–water partition coefficient (Wildman–Crippen LogP) is 2.25. The number of rotatable bonds is 4. The molecule has 3 heterocycles. The van der Waals surface area contributed by atoms with Gasteiger partial charge in [0.1, 0.15) is 17.9 Å². The van der Waals surface area contributed by atoms with Gasteiger partial charge in [0.05, 0.1) is 11.9 Å². The maximum absolute atomic E-state index is 12.6. The van der Waals surface area contributed by atoms with E-state index in [9.17, 15) is 4.79 Å². The van der Waals surface area contributed by atoms with Gasteiger partial charge in [0.15, 0.2) is 5.96 Å². The van der Waals surface area contributed by atoms with E-state index in [-0.39, 0.29) is 29.9 Å². The Morgan fingerprint density at radius 1 is 1.31 bits per heavy atom. The van der Waals surface area contributed by atoms with E-state index in [0.717, 1.165) is 34.8 Å². The number of amides is 1. The minimum absolute atomic E-state index is 0. The summed E-state index contributed by atoms with van der Waals surface area (Å²) in [4.78, 5) is 20.7. The lowest BCUT2D eigenvalue weighted by atomic mass is 10.2. The number of piperazine rings is 1. The molecule has 1 amide bonds. The lowest BCUT2D eigenvalue weighted by molar-refractivity contribution is -0.120. The van der Waals surface area contributed by atoms with Gasteiger partial charge in [0.25, 0.3) is 0 Å². The van der Waals surface area contributed by atoms with Crippen LogP contribution in [0.3, 0.4) is 0 Å². The van der Waals surface area contributed by atoms with Crippen LogP contribution in [0.2, 0.25) is 0 Å². The molecule has 1 aliphatic heterocycles. The van der Waals surface area contributed by atoms with Crippen LogP contribution in [0.4, 0.5) is 5.69 Å². The molecule has 2 aromatic heterocycles. The van der Waals surface area contributed by atoms with Gasteiger partial charge in [0.2, 0.25) is 5.91 Å². The monoisotopic (exact) mass is 508 g/mol. The van der Waals surface area contributed by atoms with Crippen molar-refractivity contribution in [3.8, 4) is 0 Å². The number of carbonyl (C=O) groups is 1. The second-order valence-electron chi connectivity index (χ2n) is 6.81. The summed E-state index contributed by atoms with van der Waals surface area (Å²) >= 11 is 0. The van der Waals surface area contributed by atoms with E-state index in [4.69, 9.17) is 4.42 Å². The number of nitrogens with one attached hydrogen (secondary N) is 1. The van der Waals surface area contributed by atoms with Gasteiger partial charge in [-0.05, 0) is 12.1 Å². The summed E-state index contributed by atoms with van der Waals surface area (Å²) < 4.78 is 7.55. The van der Waals surface area contributed by atoms with Gasteiger partial charge in [-0.3, -0.25) is 14.5 Å². The number of furan rings is 1. The zero-order chi connectivity index (χ0) is 19.5. The predicted molar refractivity (Wildman–Crippen MR) is 124 cm³/mol. The summed E-state index contributed by atoms with van der Waals surface area (Å²) in [5.41, 5.74) is 1.74. The van der Waals surface area contributed by atoms with Gasteiger partial charge in [-0.15, -0.1) is 24.0 Å². The molecule has 1 saturated heterocycles. The van der Waals surface area contributed by atoms with E-state index in [1.54, 1.807) is 22.8 Å². The molecule has 1 aliphatic rings. The zero-order valence-electron chi connectivity index (χ0n) is 16.5. The molecule has 0 spiro atoms. The number of aryl methyl sites for hydroxylation is 1. The Kier molecular flexibility index (Phi) is 6.78. The Hall–Kier alpha value is -2.56. The van der Waals surface area contributed by atoms with Crippen molar-refractivity contribution in [2.24, 2.45) is 12.0 Å². The third-order valence-electron chi connectivity index (χ3n) is 4.87. The first-order chi connectivity index (χ1) is 13.6. The first-order valence-corrected chi connectivity index (χ1v) is 9.36. The molecule has 4 rings (SSSR count). The Bertz CT molecular complexity index is 978. The fourth-order valence-electron chi connectivity index (χ4n) is 3.46. The lowest BCUT2D eigenvalue weighted by Gasteiger charge is -2.35. The molecule has 29 heavy (non-hydrogen) atoms. The second-order valence-corrected chi connectivity index (χ2v) is 6.81. The van der Waals surface area contributed by atoms with Crippen molar-refractivity contribution < 1.29 is 9.21 Å². The molecule has 9 heteroatoms. The van der Waals surface area contributed by atoms with E-state index in [2.05, 4.69) is 21.5 Å². The highest BCUT2D eigenvalue weighted by Crippen LogP contribution is 2.19. The van der Waals surface area contributed by atoms with E-state index in [1.165, 1.54) is 0 Å². The molecule has 0 atom stereocenters. The van der Waals surface area contributed by atoms with Gasteiger partial charge >= 0.3 is 0 Å². The fraction of sp³-hybridized carbons (Fsp3) is 0.350. The van der Waals surface area contributed by atoms with E-state index < -0.39 is 0 Å². The standard InChI is InChI=1S/C20H24N6O2.HI/c1-21-20(22-8-7-17-11-15-5-3-4-6-18(15)28-17)25-9-10-26(19(27)14-25)16-12-23-24(2)13-16;/h3-6,11-13H,7-10,14H2,1-2H3,(H,21,22);1H. The van der Waals surface area contributed by atoms with Crippen LogP contribution in [-0.2, 0) is 18.3 Å². The van der Waals surface area contributed by atoms with Crippen LogP contribution in [-0.4, -0.2) is 59.8 Å². The third kappa shape index (κ3) is 4.72. The van der Waals surface area contributed by atoms with Gasteiger partial charge in [0, 0.05) is 51.7 Å². The first kappa shape index (κ1) is 21.2. The second kappa shape index (κ2) is 9.29. The summed E-state index contributed by atoms with van der Waals surface area (Å²) in [5, 5.41) is 8.60. The summed E-state index contributed by atoms with van der Waals surface area (Å²) in [7, 11) is 3.58. The fourth-order valence-corrected chi connectivity index (χ4v) is 3.46. The maximum Gasteiger partial charge on any atom is 0.246 e. The van der Waals surface area contributed by atoms with Crippen molar-refractivity contribution in [3.05, 3.63) is 48.5 Å². The molecule has 3 aromatic rings. The first-order valence-electron chi connectivity index (χ1n) is 9.36. The Morgan fingerprint density at radius 3 is 2.83 bits per heavy atom. The minimum atomic E-state index is 0. The minimum Gasteiger partial charge on any atom is -0.461 e. The lowest BCUT2D eigenvalue weighted by Crippen LogP contribution is -2.55. The number of aromatic nitrogens is 2. The van der Waals surface area contributed by atoms with Crippen LogP contribution < -0.4 is 10.2 Å². The summed E-state index contributed by atoms with van der Waals surface area (Å²) in [6, 6.07) is 10.1. The number of fused-ring (bicyclic) bond motifs is 1. The van der Waals surface area contributed by atoms with Crippen LogP contribution in [0.5, 0.6) is 0 Å². The molecule has 0 aliphatic carbocycles. The summed E-state index contributed by atoms with van der Waals surface area (Å²) in [6.45, 7) is 2.29. The topological polar surface area (TPSA) is 78.9 Å². The van der Waals surface area contributed by atoms with Crippen molar-refractivity contribution in [1.29, 1.82) is 0 Å². The van der Waals surface area contributed by atoms with Gasteiger partial charge < -0.3 is 19.5 Å². The number of benzene rings is 1. The van der Waals surface area contributed by atoms with E-state index in [1.807, 2.05) is 42.4 Å². The molecule has 0 saturated carbocycles. The molecule has 1 aromatic carbocycles. The molecule has 0 radical (unpaired) electrons. The van der Waals surface area contributed by atoms with Crippen LogP contribution >= 0.6 is 24.0 Å². The number of para-hydroxylation sites is 1. The number of hydrogen-bond donors (Lipinski definition) is 1. The quantitative estimate of drug-likeness (QED) is 0.333. The molecule has 0 bridgehead atoms. The van der Waals surface area contributed by atoms with E-state index >= 15 is 0 Å². The number of nitrogens with zero attached hydrogens (tertiary/aromatic N) is 5. The molecule has 1 fully saturated rings. The zero-order valence-corrected chi connectivity index (χ0v) is 18.9.